The molecule has 0 saturated heterocycles. The maximum atomic E-state index is 9.00. The molecule has 0 aliphatic carbocycles. The van der Waals surface area contributed by atoms with Gasteiger partial charge < -0.3 is 5.11 Å². The molecular weight excluding hydrogens is 219 g/mol. The van der Waals surface area contributed by atoms with Crippen molar-refractivity contribution in [2.45, 2.75) is 6.92 Å². The van der Waals surface area contributed by atoms with Crippen LogP contribution in [0.3, 0.4) is 0 Å². The quantitative estimate of drug-likeness (QED) is 0.667. The van der Waals surface area contributed by atoms with Gasteiger partial charge in [0.05, 0.1) is 0 Å². The van der Waals surface area contributed by atoms with Gasteiger partial charge in [-0.25, -0.2) is 0 Å². The number of fused-ring (bicyclic) bond motifs is 1. The van der Waals surface area contributed by atoms with Gasteiger partial charge in [0, 0.05) is 6.92 Å². The SMILES string of the molecule is CC(=O)O.[K][c]1ccc2nccnc2c1. The van der Waals surface area contributed by atoms with Gasteiger partial charge in [-0.2, -0.15) is 0 Å². The topological polar surface area (TPSA) is 63.1 Å². The van der Waals surface area contributed by atoms with E-state index in [9.17, 15) is 0 Å². The molecule has 0 fully saturated rings. The number of nitrogens with zero attached hydrogens (tertiary/aromatic N) is 2. The summed E-state index contributed by atoms with van der Waals surface area (Å²) in [4.78, 5) is 17.4. The molecule has 1 N–H and O–H groups in total. The van der Waals surface area contributed by atoms with Gasteiger partial charge in [0.25, 0.3) is 5.97 Å². The first-order valence-corrected chi connectivity index (χ1v) is 6.02. The summed E-state index contributed by atoms with van der Waals surface area (Å²) in [6.07, 6.45) is 3.45. The normalized spacial score (nSPS) is 9.27. The second-order valence-electron chi connectivity index (χ2n) is 3.07. The van der Waals surface area contributed by atoms with Crippen LogP contribution in [-0.2, 0) is 4.79 Å². The molecule has 1 heterocycles. The summed E-state index contributed by atoms with van der Waals surface area (Å²) in [7, 11) is 0. The molecule has 72 valence electrons. The Bertz CT molecular complexity index is 470. The second-order valence-corrected chi connectivity index (χ2v) is 4.87. The van der Waals surface area contributed by atoms with Crippen LogP contribution < -0.4 is -0.342 Å². The predicted molar refractivity (Wildman–Crippen MR) is 58.2 cm³/mol. The van der Waals surface area contributed by atoms with Crippen molar-refractivity contribution < 1.29 is 9.90 Å². The average Bonchev–Trinajstić information content (AvgIpc) is 2.16. The summed E-state index contributed by atoms with van der Waals surface area (Å²) in [5.74, 6) is -0.833. The van der Waals surface area contributed by atoms with Gasteiger partial charge in [0.15, 0.2) is 0 Å². The number of carbonyl (C=O) groups is 1. The number of carboxylic acid groups (broad SMARTS) is 1. The minimum absolute atomic E-state index is 0.735. The summed E-state index contributed by atoms with van der Waals surface area (Å²) in [5, 5.41) is 7.42. The van der Waals surface area contributed by atoms with Crippen LogP contribution in [0.5, 0.6) is 0 Å². The summed E-state index contributed by atoms with van der Waals surface area (Å²) >= 11 is 0.735. The van der Waals surface area contributed by atoms with E-state index in [2.05, 4.69) is 22.1 Å². The van der Waals surface area contributed by atoms with Crippen LogP contribution in [-0.4, -0.2) is 70.0 Å². The fourth-order valence-electron chi connectivity index (χ4n) is 1.07. The molecule has 2 rings (SSSR count). The van der Waals surface area contributed by atoms with Crippen molar-refractivity contribution in [3.63, 3.8) is 0 Å². The first-order valence-electron chi connectivity index (χ1n) is 4.46. The van der Waals surface area contributed by atoms with Gasteiger partial charge in [-0.05, 0) is 0 Å². The van der Waals surface area contributed by atoms with E-state index in [0.29, 0.717) is 0 Å². The number of hydrogen-bond acceptors (Lipinski definition) is 3. The number of aromatic nitrogens is 2. The average molecular weight is 228 g/mol. The molecule has 4 nitrogen and oxygen atoms in total. The molecule has 1 aromatic carbocycles. The van der Waals surface area contributed by atoms with Crippen LogP contribution in [0.2, 0.25) is 0 Å². The first-order chi connectivity index (χ1) is 7.09. The van der Waals surface area contributed by atoms with Crippen molar-refractivity contribution in [2.24, 2.45) is 0 Å². The molecule has 0 atom stereocenters. The molecule has 0 unspecified atom stereocenters. The fraction of sp³-hybridized carbons (Fsp3) is 0.100. The van der Waals surface area contributed by atoms with Crippen molar-refractivity contribution in [3.8, 4) is 0 Å². The third-order valence-corrected chi connectivity index (χ3v) is 2.60. The van der Waals surface area contributed by atoms with Crippen molar-refractivity contribution >= 4 is 65.6 Å². The van der Waals surface area contributed by atoms with Gasteiger partial charge in [-0.3, -0.25) is 4.79 Å². The van der Waals surface area contributed by atoms with E-state index in [-0.39, 0.29) is 0 Å². The van der Waals surface area contributed by atoms with Crippen LogP contribution in [0.25, 0.3) is 11.0 Å². The van der Waals surface area contributed by atoms with E-state index >= 15 is 0 Å². The second kappa shape index (κ2) is 6.29. The number of hydrogen-bond donors (Lipinski definition) is 1. The molecule has 0 spiro atoms. The zero-order valence-electron chi connectivity index (χ0n) is 8.64. The summed E-state index contributed by atoms with van der Waals surface area (Å²) in [6.45, 7) is 1.08. The van der Waals surface area contributed by atoms with Gasteiger partial charge in [0.1, 0.15) is 0 Å². The maximum absolute atomic E-state index is 9.00. The number of aliphatic carboxylic acids is 1. The molecule has 5 heteroatoms. The Morgan fingerprint density at radius 3 is 2.40 bits per heavy atom. The molecule has 0 aliphatic heterocycles. The number of rotatable bonds is 0. The van der Waals surface area contributed by atoms with Crippen LogP contribution in [0.4, 0.5) is 0 Å². The Morgan fingerprint density at radius 2 is 1.80 bits per heavy atom. The van der Waals surface area contributed by atoms with Crippen molar-refractivity contribution in [1.29, 1.82) is 0 Å². The Morgan fingerprint density at radius 1 is 1.27 bits per heavy atom. The van der Waals surface area contributed by atoms with E-state index < -0.39 is 5.97 Å². The zero-order valence-corrected chi connectivity index (χ0v) is 11.8. The van der Waals surface area contributed by atoms with E-state index in [1.54, 1.807) is 12.4 Å². The Labute approximate surface area is 121 Å². The zero-order chi connectivity index (χ0) is 11.3. The molecule has 15 heavy (non-hydrogen) atoms. The van der Waals surface area contributed by atoms with E-state index in [0.717, 1.165) is 66.9 Å². The van der Waals surface area contributed by atoms with Gasteiger partial charge in [-0.1, -0.05) is 0 Å². The van der Waals surface area contributed by atoms with Crippen LogP contribution in [0, 0.1) is 0 Å². The third kappa shape index (κ3) is 4.81. The third-order valence-electron chi connectivity index (χ3n) is 1.62. The van der Waals surface area contributed by atoms with E-state index in [4.69, 9.17) is 9.90 Å². The minimum atomic E-state index is -0.833. The predicted octanol–water partition coefficient (Wildman–Crippen LogP) is 0.514. The van der Waals surface area contributed by atoms with Gasteiger partial charge in [-0.15, -0.1) is 0 Å². The van der Waals surface area contributed by atoms with Gasteiger partial charge in [0.2, 0.25) is 0 Å². The monoisotopic (exact) mass is 228 g/mol. The number of carboxylic acids is 1. The standard InChI is InChI=1S/C8H5N2.C2H4O2.K/c1-2-4-8-7(3-1)9-5-6-10-8;1-2(3)4;/h1,3-6H;1H3,(H,3,4);. The molecule has 0 saturated carbocycles. The van der Waals surface area contributed by atoms with Crippen LogP contribution >= 0.6 is 0 Å². The van der Waals surface area contributed by atoms with Gasteiger partial charge >= 0.3 is 100 Å². The van der Waals surface area contributed by atoms with E-state index in [1.807, 2.05) is 6.07 Å². The molecule has 2 aromatic rings. The van der Waals surface area contributed by atoms with Crippen molar-refractivity contribution in [2.75, 3.05) is 0 Å². The van der Waals surface area contributed by atoms with Crippen LogP contribution in [0.15, 0.2) is 30.6 Å². The Hall–Kier alpha value is -0.334. The Balaban J connectivity index is 0.000000245. The fourth-order valence-corrected chi connectivity index (χ4v) is 1.76. The summed E-state index contributed by atoms with van der Waals surface area (Å²) < 4.78 is 1.41. The van der Waals surface area contributed by atoms with Crippen LogP contribution in [0.1, 0.15) is 6.92 Å². The first kappa shape index (κ1) is 12.7. The van der Waals surface area contributed by atoms with Crippen molar-refractivity contribution in [1.82, 2.24) is 9.97 Å². The molecule has 0 amide bonds. The number of benzene rings is 1. The molecule has 0 bridgehead atoms. The summed E-state index contributed by atoms with van der Waals surface area (Å²) in [6, 6.07) is 6.27. The molecule has 0 radical (unpaired) electrons. The van der Waals surface area contributed by atoms with E-state index in [1.165, 1.54) is -0.342 Å². The molecule has 1 aromatic heterocycles. The van der Waals surface area contributed by atoms with Crippen molar-refractivity contribution in [3.05, 3.63) is 30.6 Å². The molecular formula is C10H9KN2O2. The summed E-state index contributed by atoms with van der Waals surface area (Å²) in [5.41, 5.74) is 2.00. The molecule has 0 aliphatic rings. The Kier molecular flexibility index (Phi) is 5.34.